The Morgan fingerprint density at radius 1 is 0.419 bits per heavy atom. The number of aryl methyl sites for hydroxylation is 1. The molecule has 8 nitrogen and oxygen atoms in total. The fourth-order valence-electron chi connectivity index (χ4n) is 6.69. The third kappa shape index (κ3) is 21.1. The van der Waals surface area contributed by atoms with Gasteiger partial charge in [0, 0.05) is 0 Å². The van der Waals surface area contributed by atoms with Crippen LogP contribution in [-0.4, -0.2) is 36.7 Å². The van der Waals surface area contributed by atoms with Gasteiger partial charge in [-0.3, -0.25) is 0 Å². The lowest BCUT2D eigenvalue weighted by atomic mass is 10.1. The second kappa shape index (κ2) is 30.8. The van der Waals surface area contributed by atoms with E-state index < -0.39 is 5.97 Å². The van der Waals surface area contributed by atoms with Crippen molar-refractivity contribution in [2.75, 3.05) is 6.61 Å². The highest BCUT2D eigenvalue weighted by molar-refractivity contribution is 5.92. The van der Waals surface area contributed by atoms with E-state index in [1.807, 2.05) is 43.3 Å². The minimum atomic E-state index is -0.458. The first kappa shape index (κ1) is 51.2. The van der Waals surface area contributed by atoms with Crippen LogP contribution in [0.15, 0.2) is 97.1 Å². The summed E-state index contributed by atoms with van der Waals surface area (Å²) in [5, 5.41) is 0. The van der Waals surface area contributed by atoms with E-state index in [1.54, 1.807) is 60.7 Å². The van der Waals surface area contributed by atoms with Crippen molar-refractivity contribution in [3.63, 3.8) is 0 Å². The normalized spacial score (nSPS) is 11.7. The minimum absolute atomic E-state index is 0.116. The number of benzene rings is 4. The molecule has 0 heterocycles. The smallest absolute Gasteiger partial charge is 0.343 e. The molecule has 0 saturated heterocycles. The van der Waals surface area contributed by atoms with E-state index in [9.17, 15) is 14.4 Å². The van der Waals surface area contributed by atoms with Gasteiger partial charge < -0.3 is 23.7 Å². The molecule has 0 N–H and O–H groups in total. The lowest BCUT2D eigenvalue weighted by molar-refractivity contribution is 0.0319. The summed E-state index contributed by atoms with van der Waals surface area (Å²) in [5.41, 5.74) is 2.69. The Bertz CT molecular complexity index is 1800. The van der Waals surface area contributed by atoms with Crippen LogP contribution in [0.2, 0.25) is 0 Å². The van der Waals surface area contributed by atoms with E-state index in [4.69, 9.17) is 23.7 Å². The molecule has 0 aliphatic heterocycles. The molecule has 8 heteroatoms. The first-order chi connectivity index (χ1) is 30.1. The van der Waals surface area contributed by atoms with Gasteiger partial charge in [0.2, 0.25) is 0 Å². The minimum Gasteiger partial charge on any atom is -0.494 e. The molecule has 0 fully saturated rings. The summed E-state index contributed by atoms with van der Waals surface area (Å²) < 4.78 is 28.1. The van der Waals surface area contributed by atoms with Gasteiger partial charge in [0.25, 0.3) is 0 Å². The zero-order valence-electron chi connectivity index (χ0n) is 38.6. The summed E-state index contributed by atoms with van der Waals surface area (Å²) in [6.45, 7) is 13.5. The Balaban J connectivity index is 0.000000333. The highest BCUT2D eigenvalue weighted by Gasteiger charge is 2.14. The number of carbonyl (C=O) groups excluding carboxylic acids is 3. The molecule has 4 rings (SSSR count). The molecular weight excluding hydrogens is 777 g/mol. The van der Waals surface area contributed by atoms with E-state index in [-0.39, 0.29) is 24.1 Å². The van der Waals surface area contributed by atoms with Crippen LogP contribution in [0.25, 0.3) is 0 Å². The number of esters is 3. The Hall–Kier alpha value is -5.11. The molecule has 0 aromatic heterocycles. The third-order valence-corrected chi connectivity index (χ3v) is 10.5. The molecule has 0 saturated carbocycles. The van der Waals surface area contributed by atoms with Crippen molar-refractivity contribution in [2.45, 2.75) is 169 Å². The number of carbonyl (C=O) groups is 3. The van der Waals surface area contributed by atoms with E-state index in [1.165, 1.54) is 76.2 Å². The second-order valence-electron chi connectivity index (χ2n) is 16.2. The van der Waals surface area contributed by atoms with E-state index in [2.05, 4.69) is 34.6 Å². The Labute approximate surface area is 373 Å². The first-order valence-corrected chi connectivity index (χ1v) is 23.5. The fourth-order valence-corrected chi connectivity index (χ4v) is 6.69. The van der Waals surface area contributed by atoms with E-state index in [0.29, 0.717) is 34.8 Å². The van der Waals surface area contributed by atoms with Crippen LogP contribution < -0.4 is 18.9 Å². The summed E-state index contributed by atoms with van der Waals surface area (Å²) in [4.78, 5) is 37.1. The highest BCUT2D eigenvalue weighted by atomic mass is 16.5. The lowest BCUT2D eigenvalue weighted by Gasteiger charge is -2.14. The molecule has 0 bridgehead atoms. The molecule has 0 radical (unpaired) electrons. The molecule has 0 spiro atoms. The van der Waals surface area contributed by atoms with Crippen molar-refractivity contribution in [2.24, 2.45) is 0 Å². The molecule has 0 aliphatic carbocycles. The van der Waals surface area contributed by atoms with Gasteiger partial charge >= 0.3 is 17.9 Å². The molecule has 4 aromatic carbocycles. The summed E-state index contributed by atoms with van der Waals surface area (Å²) in [6.07, 6.45) is 20.9. The SMILES string of the molecule is CCCCCCC(C)Oc1ccc(C(=O)Oc2ccc(CCCCC)cc2)cc1.CCCCCCOc1ccc(C(=O)Oc2ccc(C(=O)OC(C)CCCCCC)cc2)cc1. The van der Waals surface area contributed by atoms with Crippen LogP contribution in [0, 0.1) is 0 Å². The maximum Gasteiger partial charge on any atom is 0.343 e. The van der Waals surface area contributed by atoms with Crippen LogP contribution in [0.4, 0.5) is 0 Å². The van der Waals surface area contributed by atoms with Gasteiger partial charge in [-0.15, -0.1) is 0 Å². The molecule has 62 heavy (non-hydrogen) atoms. The number of hydrogen-bond acceptors (Lipinski definition) is 8. The van der Waals surface area contributed by atoms with Crippen molar-refractivity contribution in [1.82, 2.24) is 0 Å². The summed E-state index contributed by atoms with van der Waals surface area (Å²) in [7, 11) is 0. The molecule has 0 aliphatic rings. The number of hydrogen-bond donors (Lipinski definition) is 0. The van der Waals surface area contributed by atoms with Crippen molar-refractivity contribution >= 4 is 17.9 Å². The average molecular weight is 851 g/mol. The topological polar surface area (TPSA) is 97.4 Å². The largest absolute Gasteiger partial charge is 0.494 e. The lowest BCUT2D eigenvalue weighted by Crippen LogP contribution is -2.15. The molecule has 2 unspecified atom stereocenters. The molecular formula is C54H74O8. The van der Waals surface area contributed by atoms with Gasteiger partial charge in [0.15, 0.2) is 0 Å². The summed E-state index contributed by atoms with van der Waals surface area (Å²) >= 11 is 0. The Morgan fingerprint density at radius 2 is 0.823 bits per heavy atom. The van der Waals surface area contributed by atoms with Crippen molar-refractivity contribution < 1.29 is 38.1 Å². The van der Waals surface area contributed by atoms with Gasteiger partial charge in [-0.25, -0.2) is 14.4 Å². The van der Waals surface area contributed by atoms with E-state index >= 15 is 0 Å². The summed E-state index contributed by atoms with van der Waals surface area (Å²) in [6, 6.07) is 28.4. The number of ether oxygens (including phenoxy) is 5. The van der Waals surface area contributed by atoms with Gasteiger partial charge in [0.1, 0.15) is 23.0 Å². The van der Waals surface area contributed by atoms with Gasteiger partial charge in [-0.1, -0.05) is 110 Å². The van der Waals surface area contributed by atoms with Crippen LogP contribution in [-0.2, 0) is 11.2 Å². The van der Waals surface area contributed by atoms with Crippen molar-refractivity contribution in [3.05, 3.63) is 119 Å². The van der Waals surface area contributed by atoms with Gasteiger partial charge in [0.05, 0.1) is 35.5 Å². The van der Waals surface area contributed by atoms with Crippen LogP contribution in [0.3, 0.4) is 0 Å². The van der Waals surface area contributed by atoms with Crippen LogP contribution in [0.1, 0.15) is 187 Å². The predicted molar refractivity (Wildman–Crippen MR) is 251 cm³/mol. The second-order valence-corrected chi connectivity index (χ2v) is 16.2. The molecule has 2 atom stereocenters. The number of rotatable bonds is 28. The number of unbranched alkanes of at least 4 members (excludes halogenated alkanes) is 11. The Morgan fingerprint density at radius 3 is 1.32 bits per heavy atom. The molecule has 4 aromatic rings. The standard InChI is InChI=1S/C28H38O5.C26H36O3/c1-4-6-8-10-12-22(3)32-27(29)23-15-19-26(20-16-23)33-28(30)24-13-17-25(18-14-24)31-21-11-9-7-5-2;1-4-6-8-10-11-21(3)28-24-19-15-23(16-20-24)26(27)29-25-17-13-22(14-18-25)12-9-7-5-2/h13-20,22H,4-12,21H2,1-3H3;13-21H,4-12H2,1-3H3. The fraction of sp³-hybridized carbons (Fsp3) is 0.500. The van der Waals surface area contributed by atoms with Gasteiger partial charge in [-0.05, 0) is 149 Å². The highest BCUT2D eigenvalue weighted by Crippen LogP contribution is 2.21. The molecule has 338 valence electrons. The predicted octanol–water partition coefficient (Wildman–Crippen LogP) is 14.8. The monoisotopic (exact) mass is 851 g/mol. The van der Waals surface area contributed by atoms with Crippen LogP contribution in [0.5, 0.6) is 23.0 Å². The maximum atomic E-state index is 12.4. The molecule has 0 amide bonds. The quantitative estimate of drug-likeness (QED) is 0.0317. The third-order valence-electron chi connectivity index (χ3n) is 10.5. The van der Waals surface area contributed by atoms with E-state index in [0.717, 1.165) is 56.4 Å². The van der Waals surface area contributed by atoms with Crippen molar-refractivity contribution in [3.8, 4) is 23.0 Å². The maximum absolute atomic E-state index is 12.4. The first-order valence-electron chi connectivity index (χ1n) is 23.5. The zero-order valence-corrected chi connectivity index (χ0v) is 38.6. The summed E-state index contributed by atoms with van der Waals surface area (Å²) in [5.74, 6) is 1.33. The Kier molecular flexibility index (Phi) is 25.5. The van der Waals surface area contributed by atoms with Crippen LogP contribution >= 0.6 is 0 Å². The zero-order chi connectivity index (χ0) is 44.8. The average Bonchev–Trinajstić information content (AvgIpc) is 3.28. The van der Waals surface area contributed by atoms with Gasteiger partial charge in [-0.2, -0.15) is 0 Å². The van der Waals surface area contributed by atoms with Crippen molar-refractivity contribution in [1.29, 1.82) is 0 Å².